The lowest BCUT2D eigenvalue weighted by Crippen LogP contribution is -2.30. The lowest BCUT2D eigenvalue weighted by molar-refractivity contribution is -0.114. The van der Waals surface area contributed by atoms with Crippen molar-refractivity contribution < 1.29 is 9.18 Å². The first-order chi connectivity index (χ1) is 15.5. The number of anilines is 3. The predicted molar refractivity (Wildman–Crippen MR) is 127 cm³/mol. The summed E-state index contributed by atoms with van der Waals surface area (Å²) in [7, 11) is 0. The zero-order valence-electron chi connectivity index (χ0n) is 17.7. The van der Waals surface area contributed by atoms with Gasteiger partial charge in [0.05, 0.1) is 22.6 Å². The Balaban J connectivity index is 1.59. The minimum atomic E-state index is -0.235. The van der Waals surface area contributed by atoms with Gasteiger partial charge in [0.1, 0.15) is 5.82 Å². The maximum Gasteiger partial charge on any atom is 0.227 e. The molecule has 32 heavy (non-hydrogen) atoms. The van der Waals surface area contributed by atoms with Crippen LogP contribution in [0.25, 0.3) is 11.3 Å². The second kappa shape index (κ2) is 9.92. The highest BCUT2D eigenvalue weighted by molar-refractivity contribution is 6.32. The standard InChI is InChI=1S/C25H24ClFN4O/c1-2-20(32)14-17-7-6-8-18(13-17)24-21(26)16-28-25(30-24)29-19-9-10-22(27)23(15-19)31-11-4-3-5-12-31/h2,6-10,13,15-16H,1,3-5,11-12,14H2,(H,28,29,30). The summed E-state index contributed by atoms with van der Waals surface area (Å²) in [6, 6.07) is 12.4. The van der Waals surface area contributed by atoms with Crippen molar-refractivity contribution in [1.29, 1.82) is 0 Å². The molecule has 1 aromatic heterocycles. The summed E-state index contributed by atoms with van der Waals surface area (Å²) < 4.78 is 14.4. The molecule has 0 radical (unpaired) electrons. The van der Waals surface area contributed by atoms with E-state index in [4.69, 9.17) is 11.6 Å². The molecule has 0 amide bonds. The highest BCUT2D eigenvalue weighted by atomic mass is 35.5. The number of aromatic nitrogens is 2. The van der Waals surface area contributed by atoms with Crippen LogP contribution in [0.2, 0.25) is 5.02 Å². The third-order valence-electron chi connectivity index (χ3n) is 5.45. The van der Waals surface area contributed by atoms with Crippen molar-refractivity contribution in [2.75, 3.05) is 23.3 Å². The molecule has 0 atom stereocenters. The number of ketones is 1. The average Bonchev–Trinajstić information content (AvgIpc) is 2.82. The van der Waals surface area contributed by atoms with E-state index in [1.807, 2.05) is 24.3 Å². The van der Waals surface area contributed by atoms with Gasteiger partial charge in [-0.25, -0.2) is 14.4 Å². The number of rotatable bonds is 7. The molecule has 0 bridgehead atoms. The van der Waals surface area contributed by atoms with Crippen LogP contribution >= 0.6 is 11.6 Å². The summed E-state index contributed by atoms with van der Waals surface area (Å²) in [5.41, 5.74) is 3.47. The van der Waals surface area contributed by atoms with Crippen molar-refractivity contribution in [2.24, 2.45) is 0 Å². The lowest BCUT2D eigenvalue weighted by atomic mass is 10.0. The van der Waals surface area contributed by atoms with E-state index < -0.39 is 0 Å². The van der Waals surface area contributed by atoms with Crippen LogP contribution in [0.15, 0.2) is 61.3 Å². The van der Waals surface area contributed by atoms with Crippen LogP contribution in [0, 0.1) is 5.82 Å². The highest BCUT2D eigenvalue weighted by Gasteiger charge is 2.16. The number of carbonyl (C=O) groups excluding carboxylic acids is 1. The monoisotopic (exact) mass is 450 g/mol. The van der Waals surface area contributed by atoms with Crippen molar-refractivity contribution in [2.45, 2.75) is 25.7 Å². The largest absolute Gasteiger partial charge is 0.369 e. The van der Waals surface area contributed by atoms with Gasteiger partial charge >= 0.3 is 0 Å². The molecular formula is C25H24ClFN4O. The highest BCUT2D eigenvalue weighted by Crippen LogP contribution is 2.30. The number of carbonyl (C=O) groups is 1. The number of piperidine rings is 1. The molecule has 7 heteroatoms. The molecule has 2 heterocycles. The zero-order valence-corrected chi connectivity index (χ0v) is 18.4. The molecule has 2 aromatic carbocycles. The fourth-order valence-corrected chi connectivity index (χ4v) is 4.03. The van der Waals surface area contributed by atoms with E-state index in [0.29, 0.717) is 28.0 Å². The van der Waals surface area contributed by atoms with Gasteiger partial charge in [0.2, 0.25) is 5.95 Å². The van der Waals surface area contributed by atoms with E-state index in [2.05, 4.69) is 26.8 Å². The van der Waals surface area contributed by atoms with Gasteiger partial charge in [0, 0.05) is 30.8 Å². The summed E-state index contributed by atoms with van der Waals surface area (Å²) in [4.78, 5) is 22.6. The molecule has 1 aliphatic rings. The molecule has 3 aromatic rings. The van der Waals surface area contributed by atoms with Crippen molar-refractivity contribution in [3.05, 3.63) is 77.7 Å². The Morgan fingerprint density at radius 2 is 2.00 bits per heavy atom. The Hall–Kier alpha value is -3.25. The maximum absolute atomic E-state index is 14.4. The van der Waals surface area contributed by atoms with Gasteiger partial charge in [0.25, 0.3) is 0 Å². The van der Waals surface area contributed by atoms with Crippen molar-refractivity contribution in [1.82, 2.24) is 9.97 Å². The topological polar surface area (TPSA) is 58.1 Å². The molecule has 0 saturated carbocycles. The second-order valence-electron chi connectivity index (χ2n) is 7.78. The van der Waals surface area contributed by atoms with Gasteiger partial charge in [-0.3, -0.25) is 4.79 Å². The van der Waals surface area contributed by atoms with Crippen molar-refractivity contribution in [3.63, 3.8) is 0 Å². The Kier molecular flexibility index (Phi) is 6.81. The molecule has 4 rings (SSSR count). The predicted octanol–water partition coefficient (Wildman–Crippen LogP) is 5.97. The number of benzene rings is 2. The Labute approximate surface area is 192 Å². The van der Waals surface area contributed by atoms with Crippen LogP contribution in [-0.4, -0.2) is 28.8 Å². The normalized spacial score (nSPS) is 13.6. The number of hydrogen-bond acceptors (Lipinski definition) is 5. The minimum absolute atomic E-state index is 0.0564. The van der Waals surface area contributed by atoms with E-state index in [-0.39, 0.29) is 18.0 Å². The Bertz CT molecular complexity index is 1140. The Morgan fingerprint density at radius 3 is 2.78 bits per heavy atom. The van der Waals surface area contributed by atoms with Crippen LogP contribution < -0.4 is 10.2 Å². The first-order valence-corrected chi connectivity index (χ1v) is 11.0. The first-order valence-electron chi connectivity index (χ1n) is 10.6. The molecule has 164 valence electrons. The minimum Gasteiger partial charge on any atom is -0.369 e. The van der Waals surface area contributed by atoms with E-state index in [1.54, 1.807) is 12.1 Å². The molecule has 1 fully saturated rings. The molecule has 1 saturated heterocycles. The van der Waals surface area contributed by atoms with Crippen LogP contribution in [0.4, 0.5) is 21.7 Å². The third-order valence-corrected chi connectivity index (χ3v) is 5.73. The van der Waals surface area contributed by atoms with Crippen molar-refractivity contribution in [3.8, 4) is 11.3 Å². The molecule has 0 spiro atoms. The summed E-state index contributed by atoms with van der Waals surface area (Å²) in [5.74, 6) is 0.0633. The Morgan fingerprint density at radius 1 is 1.19 bits per heavy atom. The first kappa shape index (κ1) is 22.0. The van der Waals surface area contributed by atoms with E-state index in [1.165, 1.54) is 24.8 Å². The molecular weight excluding hydrogens is 427 g/mol. The molecule has 1 N–H and O–H groups in total. The van der Waals surface area contributed by atoms with E-state index in [9.17, 15) is 9.18 Å². The second-order valence-corrected chi connectivity index (χ2v) is 8.18. The fourth-order valence-electron chi connectivity index (χ4n) is 3.83. The number of nitrogens with one attached hydrogen (secondary N) is 1. The average molecular weight is 451 g/mol. The SMILES string of the molecule is C=CC(=O)Cc1cccc(-c2nc(Nc3ccc(F)c(N4CCCCC4)c3)ncc2Cl)c1. The number of nitrogens with zero attached hydrogens (tertiary/aromatic N) is 3. The van der Waals surface area contributed by atoms with Gasteiger partial charge in [0.15, 0.2) is 5.78 Å². The number of allylic oxidation sites excluding steroid dienone is 1. The number of halogens is 2. The van der Waals surface area contributed by atoms with Gasteiger partial charge < -0.3 is 10.2 Å². The lowest BCUT2D eigenvalue weighted by Gasteiger charge is -2.29. The van der Waals surface area contributed by atoms with E-state index in [0.717, 1.165) is 37.1 Å². The quantitative estimate of drug-likeness (QED) is 0.449. The smallest absolute Gasteiger partial charge is 0.227 e. The van der Waals surface area contributed by atoms with Crippen LogP contribution in [0.3, 0.4) is 0 Å². The molecule has 0 aliphatic carbocycles. The summed E-state index contributed by atoms with van der Waals surface area (Å²) >= 11 is 6.37. The summed E-state index contributed by atoms with van der Waals surface area (Å²) in [5, 5.41) is 3.56. The molecule has 1 aliphatic heterocycles. The fraction of sp³-hybridized carbons (Fsp3) is 0.240. The van der Waals surface area contributed by atoms with Gasteiger partial charge in [-0.15, -0.1) is 0 Å². The summed E-state index contributed by atoms with van der Waals surface area (Å²) in [6.07, 6.45) is 6.42. The van der Waals surface area contributed by atoms with Crippen LogP contribution in [0.1, 0.15) is 24.8 Å². The van der Waals surface area contributed by atoms with Gasteiger partial charge in [-0.1, -0.05) is 36.4 Å². The van der Waals surface area contributed by atoms with Crippen molar-refractivity contribution >= 4 is 34.7 Å². The third kappa shape index (κ3) is 5.14. The summed E-state index contributed by atoms with van der Waals surface area (Å²) in [6.45, 7) is 5.23. The number of hydrogen-bond donors (Lipinski definition) is 1. The van der Waals surface area contributed by atoms with Crippen LogP contribution in [-0.2, 0) is 11.2 Å². The molecule has 0 unspecified atom stereocenters. The van der Waals surface area contributed by atoms with E-state index >= 15 is 0 Å². The zero-order chi connectivity index (χ0) is 22.5. The van der Waals surface area contributed by atoms with Crippen LogP contribution in [0.5, 0.6) is 0 Å². The molecule has 5 nitrogen and oxygen atoms in total. The van der Waals surface area contributed by atoms with Gasteiger partial charge in [-0.2, -0.15) is 0 Å². The maximum atomic E-state index is 14.4. The van der Waals surface area contributed by atoms with Gasteiger partial charge in [-0.05, 0) is 55.2 Å².